The zero-order valence-electron chi connectivity index (χ0n) is 12.7. The molecule has 0 saturated heterocycles. The van der Waals surface area contributed by atoms with E-state index in [0.29, 0.717) is 18.1 Å². The smallest absolute Gasteiger partial charge is 0.422 e. The van der Waals surface area contributed by atoms with Gasteiger partial charge in [-0.15, -0.1) is 24.0 Å². The van der Waals surface area contributed by atoms with Crippen molar-refractivity contribution in [2.75, 3.05) is 13.7 Å². The molecule has 0 amide bonds. The molecule has 0 heterocycles. The van der Waals surface area contributed by atoms with E-state index in [4.69, 9.17) is 4.74 Å². The number of guanidine groups is 1. The Labute approximate surface area is 145 Å². The van der Waals surface area contributed by atoms with Crippen LogP contribution in [0.15, 0.2) is 29.3 Å². The molecule has 0 unspecified atom stereocenters. The summed E-state index contributed by atoms with van der Waals surface area (Å²) in [6.45, 7) is 2.95. The highest BCUT2D eigenvalue weighted by molar-refractivity contribution is 14.0. The number of ether oxygens (including phenoxy) is 1. The van der Waals surface area contributed by atoms with Crippen LogP contribution in [0.25, 0.3) is 0 Å². The monoisotopic (exact) mass is 431 g/mol. The van der Waals surface area contributed by atoms with Gasteiger partial charge in [-0.05, 0) is 19.9 Å². The summed E-state index contributed by atoms with van der Waals surface area (Å²) in [5.74, 6) is 0.790. The van der Waals surface area contributed by atoms with Gasteiger partial charge in [-0.25, -0.2) is 0 Å². The van der Waals surface area contributed by atoms with Gasteiger partial charge in [0.05, 0.1) is 0 Å². The lowest BCUT2D eigenvalue weighted by atomic mass is 10.2. The molecule has 22 heavy (non-hydrogen) atoms. The first-order valence-corrected chi connectivity index (χ1v) is 6.56. The molecule has 0 spiro atoms. The van der Waals surface area contributed by atoms with Crippen LogP contribution in [-0.4, -0.2) is 31.8 Å². The molecule has 4 nitrogen and oxygen atoms in total. The SMILES string of the molecule is CN=C(NCc1ccccc1OCC(F)(F)F)NC(C)C.I. The Morgan fingerprint density at radius 2 is 1.91 bits per heavy atom. The number of hydrogen-bond acceptors (Lipinski definition) is 2. The Morgan fingerprint density at radius 3 is 2.45 bits per heavy atom. The van der Waals surface area contributed by atoms with Gasteiger partial charge in [-0.3, -0.25) is 4.99 Å². The van der Waals surface area contributed by atoms with Crippen LogP contribution in [-0.2, 0) is 6.54 Å². The third kappa shape index (κ3) is 8.30. The molecule has 126 valence electrons. The fraction of sp³-hybridized carbons (Fsp3) is 0.500. The van der Waals surface area contributed by atoms with Crippen molar-refractivity contribution in [3.8, 4) is 5.75 Å². The number of benzene rings is 1. The number of nitrogens with zero attached hydrogens (tertiary/aromatic N) is 1. The first-order valence-electron chi connectivity index (χ1n) is 6.56. The number of hydrogen-bond donors (Lipinski definition) is 2. The maximum absolute atomic E-state index is 12.2. The number of aliphatic imine (C=N–C) groups is 1. The number of halogens is 4. The summed E-state index contributed by atoms with van der Waals surface area (Å²) in [5.41, 5.74) is 0.633. The lowest BCUT2D eigenvalue weighted by Crippen LogP contribution is -2.40. The number of alkyl halides is 3. The highest BCUT2D eigenvalue weighted by Crippen LogP contribution is 2.21. The molecule has 1 aromatic rings. The van der Waals surface area contributed by atoms with Gasteiger partial charge in [0.2, 0.25) is 0 Å². The Hall–Kier alpha value is -1.19. The third-order valence-electron chi connectivity index (χ3n) is 2.46. The Balaban J connectivity index is 0.00000441. The van der Waals surface area contributed by atoms with Crippen LogP contribution in [0, 0.1) is 0 Å². The topological polar surface area (TPSA) is 45.7 Å². The third-order valence-corrected chi connectivity index (χ3v) is 2.46. The van der Waals surface area contributed by atoms with E-state index in [9.17, 15) is 13.2 Å². The Kier molecular flexibility index (Phi) is 9.22. The van der Waals surface area contributed by atoms with E-state index >= 15 is 0 Å². The van der Waals surface area contributed by atoms with Crippen molar-refractivity contribution in [1.29, 1.82) is 0 Å². The van der Waals surface area contributed by atoms with E-state index in [2.05, 4.69) is 15.6 Å². The van der Waals surface area contributed by atoms with E-state index in [-0.39, 0.29) is 35.8 Å². The molecule has 0 radical (unpaired) electrons. The first kappa shape index (κ1) is 20.8. The number of para-hydroxylation sites is 1. The van der Waals surface area contributed by atoms with Gasteiger partial charge >= 0.3 is 6.18 Å². The highest BCUT2D eigenvalue weighted by Gasteiger charge is 2.28. The van der Waals surface area contributed by atoms with Gasteiger partial charge in [-0.2, -0.15) is 13.2 Å². The predicted octanol–water partition coefficient (Wildman–Crippen LogP) is 3.32. The molecule has 0 aliphatic carbocycles. The summed E-state index contributed by atoms with van der Waals surface area (Å²) < 4.78 is 41.5. The second-order valence-corrected chi connectivity index (χ2v) is 4.74. The fourth-order valence-electron chi connectivity index (χ4n) is 1.60. The van der Waals surface area contributed by atoms with E-state index in [0.717, 1.165) is 0 Å². The van der Waals surface area contributed by atoms with Crippen LogP contribution >= 0.6 is 24.0 Å². The van der Waals surface area contributed by atoms with Crippen LogP contribution < -0.4 is 15.4 Å². The van der Waals surface area contributed by atoms with Gasteiger partial charge < -0.3 is 15.4 Å². The van der Waals surface area contributed by atoms with Crippen molar-refractivity contribution in [2.45, 2.75) is 32.6 Å². The summed E-state index contributed by atoms with van der Waals surface area (Å²) in [5, 5.41) is 6.13. The maximum Gasteiger partial charge on any atom is 0.422 e. The first-order chi connectivity index (χ1) is 9.81. The molecule has 0 saturated carbocycles. The fourth-order valence-corrected chi connectivity index (χ4v) is 1.60. The van der Waals surface area contributed by atoms with Gasteiger partial charge in [0.1, 0.15) is 5.75 Å². The summed E-state index contributed by atoms with van der Waals surface area (Å²) in [7, 11) is 1.63. The molecule has 1 aromatic carbocycles. The Morgan fingerprint density at radius 1 is 1.27 bits per heavy atom. The number of rotatable bonds is 5. The molecular formula is C14H21F3IN3O. The summed E-state index contributed by atoms with van der Waals surface area (Å²) in [6.07, 6.45) is -4.35. The zero-order chi connectivity index (χ0) is 15.9. The molecule has 1 rings (SSSR count). The molecular weight excluding hydrogens is 410 g/mol. The minimum atomic E-state index is -4.35. The summed E-state index contributed by atoms with van der Waals surface area (Å²) >= 11 is 0. The molecule has 8 heteroatoms. The molecule has 0 atom stereocenters. The largest absolute Gasteiger partial charge is 0.484 e. The van der Waals surface area contributed by atoms with Crippen LogP contribution in [0.1, 0.15) is 19.4 Å². The highest BCUT2D eigenvalue weighted by atomic mass is 127. The average molecular weight is 431 g/mol. The molecule has 0 bridgehead atoms. The molecule has 2 N–H and O–H groups in total. The maximum atomic E-state index is 12.2. The normalized spacial score (nSPS) is 11.9. The van der Waals surface area contributed by atoms with Gasteiger partial charge in [0.15, 0.2) is 12.6 Å². The van der Waals surface area contributed by atoms with Crippen LogP contribution in [0.2, 0.25) is 0 Å². The number of nitrogens with one attached hydrogen (secondary N) is 2. The summed E-state index contributed by atoms with van der Waals surface area (Å²) in [6, 6.07) is 6.81. The van der Waals surface area contributed by atoms with Crippen molar-refractivity contribution in [2.24, 2.45) is 4.99 Å². The zero-order valence-corrected chi connectivity index (χ0v) is 15.0. The Bertz CT molecular complexity index is 479. The predicted molar refractivity (Wildman–Crippen MR) is 91.9 cm³/mol. The molecule has 0 aliphatic rings. The van der Waals surface area contributed by atoms with Crippen molar-refractivity contribution in [3.63, 3.8) is 0 Å². The van der Waals surface area contributed by atoms with Gasteiger partial charge in [0.25, 0.3) is 0 Å². The van der Waals surface area contributed by atoms with Crippen LogP contribution in [0.4, 0.5) is 13.2 Å². The van der Waals surface area contributed by atoms with Crippen molar-refractivity contribution >= 4 is 29.9 Å². The second-order valence-electron chi connectivity index (χ2n) is 4.74. The van der Waals surface area contributed by atoms with Crippen molar-refractivity contribution in [3.05, 3.63) is 29.8 Å². The van der Waals surface area contributed by atoms with Gasteiger partial charge in [-0.1, -0.05) is 18.2 Å². The van der Waals surface area contributed by atoms with Crippen molar-refractivity contribution < 1.29 is 17.9 Å². The molecule has 0 fully saturated rings. The average Bonchev–Trinajstić information content (AvgIpc) is 2.40. The minimum absolute atomic E-state index is 0. The van der Waals surface area contributed by atoms with E-state index in [1.165, 1.54) is 6.07 Å². The van der Waals surface area contributed by atoms with Crippen LogP contribution in [0.5, 0.6) is 5.75 Å². The summed E-state index contributed by atoms with van der Waals surface area (Å²) in [4.78, 5) is 4.03. The van der Waals surface area contributed by atoms with E-state index in [1.807, 2.05) is 13.8 Å². The second kappa shape index (κ2) is 9.75. The van der Waals surface area contributed by atoms with Crippen molar-refractivity contribution in [1.82, 2.24) is 10.6 Å². The molecule has 0 aliphatic heterocycles. The lowest BCUT2D eigenvalue weighted by Gasteiger charge is -2.16. The van der Waals surface area contributed by atoms with E-state index < -0.39 is 12.8 Å². The van der Waals surface area contributed by atoms with E-state index in [1.54, 1.807) is 25.2 Å². The van der Waals surface area contributed by atoms with Gasteiger partial charge in [0, 0.05) is 25.2 Å². The standard InChI is InChI=1S/C14H20F3N3O.HI/c1-10(2)20-13(18-3)19-8-11-6-4-5-7-12(11)21-9-14(15,16)17;/h4-7,10H,8-9H2,1-3H3,(H2,18,19,20);1H. The van der Waals surface area contributed by atoms with Crippen LogP contribution in [0.3, 0.4) is 0 Å². The quantitative estimate of drug-likeness (QED) is 0.427. The minimum Gasteiger partial charge on any atom is -0.484 e. The molecule has 0 aromatic heterocycles. The lowest BCUT2D eigenvalue weighted by molar-refractivity contribution is -0.153.